The smallest absolute Gasteiger partial charge is 0.121 e. The highest BCUT2D eigenvalue weighted by molar-refractivity contribution is 5.50. The Morgan fingerprint density at radius 1 is 0.714 bits per heavy atom. The summed E-state index contributed by atoms with van der Waals surface area (Å²) in [6.07, 6.45) is 3.69. The van der Waals surface area contributed by atoms with Gasteiger partial charge in [-0.3, -0.25) is 0 Å². The van der Waals surface area contributed by atoms with E-state index in [2.05, 4.69) is 103 Å². The molecule has 3 nitrogen and oxygen atoms in total. The van der Waals surface area contributed by atoms with Crippen molar-refractivity contribution in [3.8, 4) is 0 Å². The largest absolute Gasteiger partial charge is 0.386 e. The summed E-state index contributed by atoms with van der Waals surface area (Å²) in [5.74, 6) is 0. The molecule has 4 aromatic carbocycles. The Kier molecular flexibility index (Phi) is 6.35. The van der Waals surface area contributed by atoms with Gasteiger partial charge in [0.25, 0.3) is 0 Å². The number of aromatic nitrogens is 2. The quantitative estimate of drug-likeness (QED) is 0.279. The molecule has 1 heterocycles. The molecule has 0 spiro atoms. The average molecular weight is 459 g/mol. The molecule has 1 N–H and O–H groups in total. The van der Waals surface area contributed by atoms with Crippen molar-refractivity contribution in [1.29, 1.82) is 0 Å². The number of imidazole rings is 1. The van der Waals surface area contributed by atoms with Crippen LogP contribution in [0.3, 0.4) is 0 Å². The van der Waals surface area contributed by atoms with E-state index in [4.69, 9.17) is 4.98 Å². The zero-order chi connectivity index (χ0) is 24.3. The summed E-state index contributed by atoms with van der Waals surface area (Å²) in [6, 6.07) is 37.7. The van der Waals surface area contributed by atoms with Crippen molar-refractivity contribution in [3.05, 3.63) is 161 Å². The summed E-state index contributed by atoms with van der Waals surface area (Å²) in [4.78, 5) is 4.72. The summed E-state index contributed by atoms with van der Waals surface area (Å²) < 4.78 is 2.15. The van der Waals surface area contributed by atoms with Gasteiger partial charge in [-0.05, 0) is 47.2 Å². The number of hydrogen-bond donors (Lipinski definition) is 1. The predicted molar refractivity (Wildman–Crippen MR) is 141 cm³/mol. The number of benzene rings is 4. The van der Waals surface area contributed by atoms with Crippen molar-refractivity contribution in [3.63, 3.8) is 0 Å². The molecule has 1 atom stereocenters. The zero-order valence-corrected chi connectivity index (χ0v) is 20.2. The molecule has 0 aliphatic heterocycles. The number of aryl methyl sites for hydroxylation is 1. The monoisotopic (exact) mass is 458 g/mol. The van der Waals surface area contributed by atoms with Gasteiger partial charge >= 0.3 is 0 Å². The number of nitrogens with zero attached hydrogens (tertiary/aromatic N) is 2. The highest BCUT2D eigenvalue weighted by Gasteiger charge is 2.38. The summed E-state index contributed by atoms with van der Waals surface area (Å²) in [5, 5.41) is 11.2. The first-order valence-electron chi connectivity index (χ1n) is 12.0. The van der Waals surface area contributed by atoms with Crippen LogP contribution in [0.25, 0.3) is 0 Å². The van der Waals surface area contributed by atoms with Crippen LogP contribution in [0.4, 0.5) is 0 Å². The van der Waals surface area contributed by atoms with Crippen LogP contribution >= 0.6 is 0 Å². The van der Waals surface area contributed by atoms with Gasteiger partial charge < -0.3 is 9.67 Å². The van der Waals surface area contributed by atoms with Crippen molar-refractivity contribution in [2.75, 3.05) is 0 Å². The fourth-order valence-corrected chi connectivity index (χ4v) is 5.02. The fraction of sp³-hybridized carbons (Fsp3) is 0.156. The summed E-state index contributed by atoms with van der Waals surface area (Å²) in [7, 11) is 0. The maximum atomic E-state index is 11.2. The maximum absolute atomic E-state index is 11.2. The van der Waals surface area contributed by atoms with Crippen LogP contribution in [0.2, 0.25) is 0 Å². The summed E-state index contributed by atoms with van der Waals surface area (Å²) in [6.45, 7) is 4.22. The molecule has 35 heavy (non-hydrogen) atoms. The van der Waals surface area contributed by atoms with E-state index in [1.807, 2.05) is 36.8 Å². The van der Waals surface area contributed by atoms with E-state index in [1.165, 1.54) is 11.1 Å². The third-order valence-corrected chi connectivity index (χ3v) is 7.04. The van der Waals surface area contributed by atoms with Gasteiger partial charge in [-0.2, -0.15) is 0 Å². The Balaban J connectivity index is 1.65. The average Bonchev–Trinajstić information content (AvgIpc) is 3.40. The molecule has 0 amide bonds. The zero-order valence-electron chi connectivity index (χ0n) is 20.2. The van der Waals surface area contributed by atoms with Crippen LogP contribution in [0.5, 0.6) is 0 Å². The van der Waals surface area contributed by atoms with Crippen molar-refractivity contribution >= 4 is 0 Å². The van der Waals surface area contributed by atoms with Crippen LogP contribution in [0.15, 0.2) is 122 Å². The van der Waals surface area contributed by atoms with E-state index in [0.717, 1.165) is 22.3 Å². The molecule has 3 heteroatoms. The Morgan fingerprint density at radius 3 is 1.74 bits per heavy atom. The first-order chi connectivity index (χ1) is 17.1. The van der Waals surface area contributed by atoms with E-state index in [-0.39, 0.29) is 0 Å². The van der Waals surface area contributed by atoms with Crippen LogP contribution in [-0.4, -0.2) is 14.7 Å². The van der Waals surface area contributed by atoms with E-state index in [9.17, 15) is 5.11 Å². The van der Waals surface area contributed by atoms with Crippen LogP contribution in [0, 0.1) is 13.8 Å². The molecular formula is C32H30N2O. The molecule has 0 radical (unpaired) electrons. The lowest BCUT2D eigenvalue weighted by molar-refractivity contribution is 0.173. The first kappa shape index (κ1) is 22.8. The van der Waals surface area contributed by atoms with Gasteiger partial charge in [-0.1, -0.05) is 109 Å². The standard InChI is InChI=1S/C32H30N2O/c1-24-13-12-14-26(25(24)2)21-31(35)30-22-34(23-33-30)32(27-15-6-3-7-16-27,28-17-8-4-9-18-28)29-19-10-5-11-20-29/h3-20,22-23,31,35H,21H2,1-2H3. The molecule has 0 aliphatic rings. The van der Waals surface area contributed by atoms with Crippen molar-refractivity contribution < 1.29 is 5.11 Å². The van der Waals surface area contributed by atoms with E-state index >= 15 is 0 Å². The lowest BCUT2D eigenvalue weighted by Crippen LogP contribution is -2.37. The molecular weight excluding hydrogens is 428 g/mol. The van der Waals surface area contributed by atoms with Gasteiger partial charge in [0.05, 0.1) is 12.0 Å². The molecule has 0 aliphatic carbocycles. The minimum Gasteiger partial charge on any atom is -0.386 e. The molecule has 5 aromatic rings. The minimum atomic E-state index is -0.697. The van der Waals surface area contributed by atoms with Crippen molar-refractivity contribution in [2.45, 2.75) is 31.9 Å². The van der Waals surface area contributed by atoms with Gasteiger partial charge in [0.15, 0.2) is 0 Å². The molecule has 0 fully saturated rings. The second-order valence-corrected chi connectivity index (χ2v) is 9.09. The third-order valence-electron chi connectivity index (χ3n) is 7.04. The highest BCUT2D eigenvalue weighted by Crippen LogP contribution is 2.41. The van der Waals surface area contributed by atoms with Crippen LogP contribution in [0.1, 0.15) is 45.2 Å². The highest BCUT2D eigenvalue weighted by atomic mass is 16.3. The molecule has 1 aromatic heterocycles. The third kappa shape index (κ3) is 4.20. The minimum absolute atomic E-state index is 0.527. The SMILES string of the molecule is Cc1cccc(CC(O)c2cn(C(c3ccccc3)(c3ccccc3)c3ccccc3)cn2)c1C. The normalized spacial score (nSPS) is 12.4. The second kappa shape index (κ2) is 9.73. The van der Waals surface area contributed by atoms with E-state index in [0.29, 0.717) is 12.1 Å². The Hall–Kier alpha value is -3.95. The summed E-state index contributed by atoms with van der Waals surface area (Å²) >= 11 is 0. The lowest BCUT2D eigenvalue weighted by Gasteiger charge is -2.37. The fourth-order valence-electron chi connectivity index (χ4n) is 5.02. The lowest BCUT2D eigenvalue weighted by atomic mass is 9.77. The van der Waals surface area contributed by atoms with Gasteiger partial charge in [0, 0.05) is 12.6 Å². The van der Waals surface area contributed by atoms with Gasteiger partial charge in [-0.25, -0.2) is 4.98 Å². The molecule has 0 saturated heterocycles. The molecule has 174 valence electrons. The van der Waals surface area contributed by atoms with Gasteiger partial charge in [0.2, 0.25) is 0 Å². The maximum Gasteiger partial charge on any atom is 0.121 e. The Morgan fingerprint density at radius 2 is 1.23 bits per heavy atom. The van der Waals surface area contributed by atoms with E-state index in [1.54, 1.807) is 0 Å². The molecule has 5 rings (SSSR count). The number of rotatable bonds is 7. The molecule has 1 unspecified atom stereocenters. The first-order valence-corrected chi connectivity index (χ1v) is 12.0. The number of aliphatic hydroxyl groups is 1. The Bertz CT molecular complexity index is 1300. The van der Waals surface area contributed by atoms with Gasteiger partial charge in [-0.15, -0.1) is 0 Å². The molecule has 0 bridgehead atoms. The van der Waals surface area contributed by atoms with Crippen molar-refractivity contribution in [1.82, 2.24) is 9.55 Å². The number of aliphatic hydroxyl groups excluding tert-OH is 1. The Labute approximate surface area is 207 Å². The van der Waals surface area contributed by atoms with Crippen molar-refractivity contribution in [2.24, 2.45) is 0 Å². The summed E-state index contributed by atoms with van der Waals surface area (Å²) in [5.41, 5.74) is 7.02. The van der Waals surface area contributed by atoms with Crippen LogP contribution in [-0.2, 0) is 12.0 Å². The topological polar surface area (TPSA) is 38.0 Å². The van der Waals surface area contributed by atoms with E-state index < -0.39 is 11.6 Å². The predicted octanol–water partition coefficient (Wildman–Crippen LogP) is 6.62. The second-order valence-electron chi connectivity index (χ2n) is 9.09. The number of hydrogen-bond acceptors (Lipinski definition) is 2. The molecule has 0 saturated carbocycles. The van der Waals surface area contributed by atoms with Crippen LogP contribution < -0.4 is 0 Å². The van der Waals surface area contributed by atoms with Gasteiger partial charge in [0.1, 0.15) is 11.6 Å².